The van der Waals surface area contributed by atoms with Gasteiger partial charge in [-0.1, -0.05) is 29.3 Å². The average molecular weight is 528 g/mol. The first-order valence-electron chi connectivity index (χ1n) is 10.4. The molecule has 1 aliphatic rings. The Morgan fingerprint density at radius 3 is 2.44 bits per heavy atom. The molecule has 0 fully saturated rings. The first kappa shape index (κ1) is 24.9. The zero-order valence-electron chi connectivity index (χ0n) is 19.0. The van der Waals surface area contributed by atoms with Crippen molar-refractivity contribution >= 4 is 58.0 Å². The van der Waals surface area contributed by atoms with Gasteiger partial charge in [0.2, 0.25) is 0 Å². The van der Waals surface area contributed by atoms with Crippen LogP contribution in [0.4, 0.5) is 17.1 Å². The first-order valence-corrected chi connectivity index (χ1v) is 11.2. The van der Waals surface area contributed by atoms with E-state index in [-0.39, 0.29) is 39.2 Å². The minimum atomic E-state index is -0.749. The Labute approximate surface area is 215 Å². The minimum Gasteiger partial charge on any atom is -0.506 e. The molecule has 1 aliphatic heterocycles. The lowest BCUT2D eigenvalue weighted by Crippen LogP contribution is -2.32. The van der Waals surface area contributed by atoms with Gasteiger partial charge < -0.3 is 25.2 Å². The van der Waals surface area contributed by atoms with Crippen LogP contribution >= 0.6 is 23.2 Å². The van der Waals surface area contributed by atoms with Crippen molar-refractivity contribution in [3.05, 3.63) is 82.0 Å². The van der Waals surface area contributed by atoms with E-state index in [0.29, 0.717) is 16.5 Å². The number of carbonyl (C=O) groups excluding carboxylic acids is 3. The number of anilines is 3. The van der Waals surface area contributed by atoms with E-state index in [4.69, 9.17) is 32.7 Å². The van der Waals surface area contributed by atoms with Gasteiger partial charge in [0.05, 0.1) is 25.6 Å². The van der Waals surface area contributed by atoms with E-state index in [2.05, 4.69) is 10.6 Å². The number of halogens is 2. The van der Waals surface area contributed by atoms with Gasteiger partial charge in [0.1, 0.15) is 28.0 Å². The molecule has 3 aromatic rings. The summed E-state index contributed by atoms with van der Waals surface area (Å²) in [6.45, 7) is 0. The summed E-state index contributed by atoms with van der Waals surface area (Å²) in [5.74, 6) is -1.47. The second kappa shape index (κ2) is 10.2. The van der Waals surface area contributed by atoms with Crippen LogP contribution in [-0.2, 0) is 9.59 Å². The number of phenols is 1. The molecule has 0 unspecified atom stereocenters. The number of hydrogen-bond donors (Lipinski definition) is 3. The largest absolute Gasteiger partial charge is 0.506 e. The molecule has 0 saturated carbocycles. The predicted molar refractivity (Wildman–Crippen MR) is 136 cm³/mol. The van der Waals surface area contributed by atoms with Crippen molar-refractivity contribution in [2.24, 2.45) is 0 Å². The number of nitrogens with one attached hydrogen (secondary N) is 2. The smallest absolute Gasteiger partial charge is 0.283 e. The van der Waals surface area contributed by atoms with E-state index in [1.54, 1.807) is 24.3 Å². The molecule has 3 aromatic carbocycles. The lowest BCUT2D eigenvalue weighted by atomic mass is 10.1. The highest BCUT2D eigenvalue weighted by Gasteiger charge is 2.40. The maximum Gasteiger partial charge on any atom is 0.283 e. The molecule has 0 spiro atoms. The van der Waals surface area contributed by atoms with Gasteiger partial charge in [-0.3, -0.25) is 14.4 Å². The Morgan fingerprint density at radius 1 is 0.944 bits per heavy atom. The third-order valence-electron chi connectivity index (χ3n) is 5.26. The zero-order valence-corrected chi connectivity index (χ0v) is 20.5. The number of carbonyl (C=O) groups is 3. The first-order chi connectivity index (χ1) is 17.2. The number of nitrogens with zero attached hydrogens (tertiary/aromatic N) is 1. The number of methoxy groups -OCH3 is 2. The van der Waals surface area contributed by atoms with Gasteiger partial charge in [-0.25, -0.2) is 4.90 Å². The van der Waals surface area contributed by atoms with Crippen LogP contribution < -0.4 is 25.0 Å². The van der Waals surface area contributed by atoms with E-state index in [1.807, 2.05) is 0 Å². The molecular weight excluding hydrogens is 509 g/mol. The highest BCUT2D eigenvalue weighted by molar-refractivity contribution is 6.53. The molecule has 184 valence electrons. The molecule has 0 bridgehead atoms. The molecule has 0 aromatic heterocycles. The van der Waals surface area contributed by atoms with E-state index in [0.717, 1.165) is 4.90 Å². The predicted octanol–water partition coefficient (Wildman–Crippen LogP) is 4.75. The molecule has 3 N–H and O–H groups in total. The SMILES string of the molecule is COc1ccc(OC)c(N2C(=O)C(Cl)=C(Nc3cccc(C(=O)Nc4cc(Cl)ccc4O)c3)C2=O)c1. The Kier molecular flexibility index (Phi) is 7.05. The molecule has 9 nitrogen and oxygen atoms in total. The highest BCUT2D eigenvalue weighted by atomic mass is 35.5. The monoisotopic (exact) mass is 527 g/mol. The van der Waals surface area contributed by atoms with Crippen LogP contribution in [-0.4, -0.2) is 37.0 Å². The van der Waals surface area contributed by atoms with E-state index < -0.39 is 17.7 Å². The van der Waals surface area contributed by atoms with Crippen LogP contribution in [0.15, 0.2) is 71.4 Å². The standard InChI is InChI=1S/C25H19Cl2N3O6/c1-35-16-7-9-20(36-2)18(12-16)30-24(33)21(27)22(25(30)34)28-15-5-3-4-13(10-15)23(32)29-17-11-14(26)6-8-19(17)31/h3-12,28,31H,1-2H3,(H,29,32). The van der Waals surface area contributed by atoms with Crippen molar-refractivity contribution in [3.63, 3.8) is 0 Å². The Hall–Kier alpha value is -4.21. The van der Waals surface area contributed by atoms with Crippen molar-refractivity contribution in [1.82, 2.24) is 0 Å². The fourth-order valence-electron chi connectivity index (χ4n) is 3.49. The van der Waals surface area contributed by atoms with Gasteiger partial charge in [-0.15, -0.1) is 0 Å². The van der Waals surface area contributed by atoms with E-state index in [1.165, 1.54) is 50.6 Å². The van der Waals surface area contributed by atoms with E-state index in [9.17, 15) is 19.5 Å². The van der Waals surface area contributed by atoms with Gasteiger partial charge >= 0.3 is 0 Å². The molecule has 1 heterocycles. The van der Waals surface area contributed by atoms with Crippen molar-refractivity contribution in [2.75, 3.05) is 29.8 Å². The zero-order chi connectivity index (χ0) is 26.0. The third kappa shape index (κ3) is 4.79. The van der Waals surface area contributed by atoms with E-state index >= 15 is 0 Å². The number of aromatic hydroxyl groups is 1. The molecule has 36 heavy (non-hydrogen) atoms. The molecular formula is C25H19Cl2N3O6. The van der Waals surface area contributed by atoms with Gasteiger partial charge in [-0.2, -0.15) is 0 Å². The van der Waals surface area contributed by atoms with Gasteiger partial charge in [0.25, 0.3) is 17.7 Å². The number of rotatable bonds is 7. The maximum absolute atomic E-state index is 13.2. The number of benzene rings is 3. The van der Waals surface area contributed by atoms with Crippen LogP contribution in [0.3, 0.4) is 0 Å². The Morgan fingerprint density at radius 2 is 1.72 bits per heavy atom. The van der Waals surface area contributed by atoms with Gasteiger partial charge in [0.15, 0.2) is 0 Å². The number of phenolic OH excluding ortho intramolecular Hbond substituents is 1. The summed E-state index contributed by atoms with van der Waals surface area (Å²) in [6, 6.07) is 15.1. The molecule has 11 heteroatoms. The van der Waals surface area contributed by atoms with Gasteiger partial charge in [-0.05, 0) is 48.5 Å². The Balaban J connectivity index is 1.58. The lowest BCUT2D eigenvalue weighted by Gasteiger charge is -2.19. The summed E-state index contributed by atoms with van der Waals surface area (Å²) in [5, 5.41) is 15.4. The van der Waals surface area contributed by atoms with Gasteiger partial charge in [0, 0.05) is 22.3 Å². The average Bonchev–Trinajstić information content (AvgIpc) is 3.08. The normalized spacial score (nSPS) is 13.2. The second-order valence-electron chi connectivity index (χ2n) is 7.49. The van der Waals surface area contributed by atoms with Crippen molar-refractivity contribution in [1.29, 1.82) is 0 Å². The number of amides is 3. The van der Waals surface area contributed by atoms with Crippen LogP contribution in [0.1, 0.15) is 10.4 Å². The molecule has 3 amide bonds. The summed E-state index contributed by atoms with van der Waals surface area (Å²) in [6.07, 6.45) is 0. The number of ether oxygens (including phenoxy) is 2. The molecule has 0 saturated heterocycles. The quantitative estimate of drug-likeness (QED) is 0.299. The van der Waals surface area contributed by atoms with Crippen LogP contribution in [0.2, 0.25) is 5.02 Å². The lowest BCUT2D eigenvalue weighted by molar-refractivity contribution is -0.120. The number of hydrogen-bond acceptors (Lipinski definition) is 7. The topological polar surface area (TPSA) is 117 Å². The molecule has 4 rings (SSSR count). The summed E-state index contributed by atoms with van der Waals surface area (Å²) >= 11 is 12.2. The van der Waals surface area contributed by atoms with Crippen LogP contribution in [0.25, 0.3) is 0 Å². The fourth-order valence-corrected chi connectivity index (χ4v) is 3.87. The summed E-state index contributed by atoms with van der Waals surface area (Å²) in [4.78, 5) is 39.7. The van der Waals surface area contributed by atoms with Crippen molar-refractivity contribution < 1.29 is 29.0 Å². The maximum atomic E-state index is 13.2. The minimum absolute atomic E-state index is 0.135. The Bertz CT molecular complexity index is 1420. The number of imide groups is 1. The van der Waals surface area contributed by atoms with Crippen molar-refractivity contribution in [3.8, 4) is 17.2 Å². The molecule has 0 aliphatic carbocycles. The molecule has 0 radical (unpaired) electrons. The second-order valence-corrected chi connectivity index (χ2v) is 8.31. The highest BCUT2D eigenvalue weighted by Crippen LogP contribution is 2.38. The van der Waals surface area contributed by atoms with Crippen LogP contribution in [0, 0.1) is 0 Å². The summed E-state index contributed by atoms with van der Waals surface area (Å²) in [7, 11) is 2.86. The fraction of sp³-hybridized carbons (Fsp3) is 0.0800. The molecule has 0 atom stereocenters. The summed E-state index contributed by atoms with van der Waals surface area (Å²) in [5.41, 5.74) is 0.662. The van der Waals surface area contributed by atoms with Crippen molar-refractivity contribution in [2.45, 2.75) is 0 Å². The summed E-state index contributed by atoms with van der Waals surface area (Å²) < 4.78 is 10.5. The third-order valence-corrected chi connectivity index (χ3v) is 5.84. The van der Waals surface area contributed by atoms with Crippen LogP contribution in [0.5, 0.6) is 17.2 Å².